The van der Waals surface area contributed by atoms with E-state index in [1.807, 2.05) is 24.3 Å². The third kappa shape index (κ3) is 5.65. The Morgan fingerprint density at radius 1 is 1.21 bits per heavy atom. The van der Waals surface area contributed by atoms with Crippen molar-refractivity contribution < 1.29 is 23.5 Å². The lowest BCUT2D eigenvalue weighted by Crippen LogP contribution is -2.23. The number of halogens is 1. The highest BCUT2D eigenvalue weighted by atomic mass is 19.1. The van der Waals surface area contributed by atoms with E-state index in [1.165, 1.54) is 24.3 Å². The van der Waals surface area contributed by atoms with Gasteiger partial charge in [-0.1, -0.05) is 12.1 Å². The van der Waals surface area contributed by atoms with Crippen LogP contribution in [0.4, 0.5) is 15.8 Å². The minimum Gasteiger partial charge on any atom is -0.489 e. The van der Waals surface area contributed by atoms with Crippen molar-refractivity contribution in [3.63, 3.8) is 0 Å². The van der Waals surface area contributed by atoms with Gasteiger partial charge in [0.25, 0.3) is 0 Å². The van der Waals surface area contributed by atoms with Crippen molar-refractivity contribution in [2.24, 2.45) is 0 Å². The summed E-state index contributed by atoms with van der Waals surface area (Å²) < 4.78 is 24.0. The van der Waals surface area contributed by atoms with Crippen LogP contribution in [0.15, 0.2) is 48.5 Å². The smallest absolute Gasteiger partial charge is 0.248 e. The first-order valence-corrected chi connectivity index (χ1v) is 9.37. The predicted octanol–water partition coefficient (Wildman–Crippen LogP) is 3.63. The second-order valence-electron chi connectivity index (χ2n) is 6.54. The summed E-state index contributed by atoms with van der Waals surface area (Å²) in [6, 6.07) is 11.3. The maximum atomic E-state index is 13.6. The maximum Gasteiger partial charge on any atom is 0.248 e. The maximum absolute atomic E-state index is 13.6. The van der Waals surface area contributed by atoms with Crippen LogP contribution in [-0.2, 0) is 14.3 Å². The molecule has 0 aliphatic carbocycles. The van der Waals surface area contributed by atoms with E-state index in [2.05, 4.69) is 5.32 Å². The molecule has 7 heteroatoms. The fourth-order valence-electron chi connectivity index (χ4n) is 2.99. The van der Waals surface area contributed by atoms with Gasteiger partial charge in [0.15, 0.2) is 0 Å². The molecule has 152 valence electrons. The molecule has 1 aliphatic rings. The van der Waals surface area contributed by atoms with E-state index in [9.17, 15) is 14.0 Å². The molecule has 1 saturated heterocycles. The Morgan fingerprint density at radius 3 is 2.69 bits per heavy atom. The molecule has 0 atom stereocenters. The first-order valence-electron chi connectivity index (χ1n) is 9.37. The molecule has 2 amide bonds. The lowest BCUT2D eigenvalue weighted by Gasteiger charge is -2.15. The summed E-state index contributed by atoms with van der Waals surface area (Å²) >= 11 is 0. The Labute approximate surface area is 168 Å². The van der Waals surface area contributed by atoms with Crippen molar-refractivity contribution >= 4 is 29.3 Å². The van der Waals surface area contributed by atoms with Gasteiger partial charge in [-0.15, -0.1) is 0 Å². The molecule has 29 heavy (non-hydrogen) atoms. The first-order chi connectivity index (χ1) is 14.1. The first kappa shape index (κ1) is 20.5. The summed E-state index contributed by atoms with van der Waals surface area (Å²) in [5.74, 6) is -0.391. The number of carbonyl (C=O) groups is 2. The Kier molecular flexibility index (Phi) is 6.97. The monoisotopic (exact) mass is 398 g/mol. The van der Waals surface area contributed by atoms with Crippen LogP contribution in [0.5, 0.6) is 5.75 Å². The molecule has 1 fully saturated rings. The van der Waals surface area contributed by atoms with Crippen molar-refractivity contribution in [1.29, 1.82) is 0 Å². The minimum atomic E-state index is -0.476. The van der Waals surface area contributed by atoms with Crippen LogP contribution in [0, 0.1) is 5.82 Å². The fourth-order valence-corrected chi connectivity index (χ4v) is 2.99. The number of rotatable bonds is 8. The largest absolute Gasteiger partial charge is 0.489 e. The Balaban J connectivity index is 1.62. The minimum absolute atomic E-state index is 0.131. The van der Waals surface area contributed by atoms with Crippen LogP contribution >= 0.6 is 0 Å². The van der Waals surface area contributed by atoms with E-state index in [0.717, 1.165) is 24.2 Å². The molecule has 0 spiro atoms. The van der Waals surface area contributed by atoms with E-state index >= 15 is 0 Å². The average molecular weight is 398 g/mol. The number of hydrogen-bond acceptors (Lipinski definition) is 4. The number of benzene rings is 2. The molecule has 1 aliphatic heterocycles. The molecule has 0 radical (unpaired) electrons. The van der Waals surface area contributed by atoms with Gasteiger partial charge in [0.1, 0.15) is 18.2 Å². The van der Waals surface area contributed by atoms with E-state index in [4.69, 9.17) is 9.47 Å². The lowest BCUT2D eigenvalue weighted by molar-refractivity contribution is -0.117. The summed E-state index contributed by atoms with van der Waals surface area (Å²) in [5, 5.41) is 2.63. The normalized spacial score (nSPS) is 13.9. The standard InChI is InChI=1S/C22H23FN2O4/c1-28-13-14-29-20-10-7-17(23)15-19(20)24-21(26)11-6-16-4-8-18(9-5-16)25-12-2-3-22(25)27/h4-11,15H,2-3,12-14H2,1H3,(H,24,26)/b11-6+. The Morgan fingerprint density at radius 2 is 2.00 bits per heavy atom. The van der Waals surface area contributed by atoms with Gasteiger partial charge in [-0.25, -0.2) is 4.39 Å². The highest BCUT2D eigenvalue weighted by Crippen LogP contribution is 2.26. The summed E-state index contributed by atoms with van der Waals surface area (Å²) in [4.78, 5) is 25.8. The third-order valence-corrected chi connectivity index (χ3v) is 4.45. The van der Waals surface area contributed by atoms with E-state index < -0.39 is 11.7 Å². The van der Waals surface area contributed by atoms with Crippen LogP contribution in [-0.4, -0.2) is 38.7 Å². The zero-order chi connectivity index (χ0) is 20.6. The predicted molar refractivity (Wildman–Crippen MR) is 109 cm³/mol. The highest BCUT2D eigenvalue weighted by Gasteiger charge is 2.21. The Hall–Kier alpha value is -3.19. The molecule has 6 nitrogen and oxygen atoms in total. The number of ether oxygens (including phenoxy) is 2. The third-order valence-electron chi connectivity index (χ3n) is 4.45. The topological polar surface area (TPSA) is 67.9 Å². The van der Waals surface area contributed by atoms with Crippen LogP contribution in [0.1, 0.15) is 18.4 Å². The lowest BCUT2D eigenvalue weighted by atomic mass is 10.2. The van der Waals surface area contributed by atoms with Crippen LogP contribution in [0.3, 0.4) is 0 Å². The molecule has 0 bridgehead atoms. The quantitative estimate of drug-likeness (QED) is 0.545. The molecular weight excluding hydrogens is 375 g/mol. The number of amides is 2. The van der Waals surface area contributed by atoms with Gasteiger partial charge in [0, 0.05) is 37.9 Å². The van der Waals surface area contributed by atoms with Gasteiger partial charge in [-0.05, 0) is 42.3 Å². The second-order valence-corrected chi connectivity index (χ2v) is 6.54. The fraction of sp³-hybridized carbons (Fsp3) is 0.273. The zero-order valence-corrected chi connectivity index (χ0v) is 16.2. The molecule has 1 heterocycles. The van der Waals surface area contributed by atoms with Gasteiger partial charge in [0.05, 0.1) is 12.3 Å². The molecular formula is C22H23FN2O4. The highest BCUT2D eigenvalue weighted by molar-refractivity contribution is 6.02. The number of carbonyl (C=O) groups excluding carboxylic acids is 2. The van der Waals surface area contributed by atoms with Crippen molar-refractivity contribution in [3.8, 4) is 5.75 Å². The van der Waals surface area contributed by atoms with Crippen molar-refractivity contribution in [3.05, 3.63) is 59.9 Å². The number of nitrogens with one attached hydrogen (secondary N) is 1. The van der Waals surface area contributed by atoms with Crippen LogP contribution in [0.2, 0.25) is 0 Å². The summed E-state index contributed by atoms with van der Waals surface area (Å²) in [5.41, 5.74) is 1.91. The molecule has 1 N–H and O–H groups in total. The molecule has 0 aromatic heterocycles. The van der Waals surface area contributed by atoms with Crippen LogP contribution < -0.4 is 15.0 Å². The van der Waals surface area contributed by atoms with Crippen molar-refractivity contribution in [2.45, 2.75) is 12.8 Å². The van der Waals surface area contributed by atoms with Crippen molar-refractivity contribution in [2.75, 3.05) is 37.1 Å². The van der Waals surface area contributed by atoms with Gasteiger partial charge in [-0.3, -0.25) is 9.59 Å². The Bertz CT molecular complexity index is 896. The summed E-state index contributed by atoms with van der Waals surface area (Å²) in [6.45, 7) is 1.40. The number of hydrogen-bond donors (Lipinski definition) is 1. The number of anilines is 2. The summed E-state index contributed by atoms with van der Waals surface area (Å²) in [7, 11) is 1.55. The van der Waals surface area contributed by atoms with Gasteiger partial charge >= 0.3 is 0 Å². The van der Waals surface area contributed by atoms with E-state index in [1.54, 1.807) is 18.1 Å². The van der Waals surface area contributed by atoms with E-state index in [-0.39, 0.29) is 18.2 Å². The van der Waals surface area contributed by atoms with Gasteiger partial charge in [0.2, 0.25) is 11.8 Å². The van der Waals surface area contributed by atoms with Gasteiger partial charge in [-0.2, -0.15) is 0 Å². The second kappa shape index (κ2) is 9.84. The molecule has 0 saturated carbocycles. The van der Waals surface area contributed by atoms with E-state index in [0.29, 0.717) is 18.8 Å². The SMILES string of the molecule is COCCOc1ccc(F)cc1NC(=O)/C=C/c1ccc(N2CCCC2=O)cc1. The van der Waals surface area contributed by atoms with Crippen LogP contribution in [0.25, 0.3) is 6.08 Å². The molecule has 2 aromatic rings. The average Bonchev–Trinajstić information content (AvgIpc) is 3.14. The number of methoxy groups -OCH3 is 1. The summed E-state index contributed by atoms with van der Waals surface area (Å²) in [6.07, 6.45) is 4.46. The van der Waals surface area contributed by atoms with Gasteiger partial charge < -0.3 is 19.7 Å². The zero-order valence-electron chi connectivity index (χ0n) is 16.2. The molecule has 3 rings (SSSR count). The van der Waals surface area contributed by atoms with Crippen molar-refractivity contribution in [1.82, 2.24) is 0 Å². The molecule has 0 unspecified atom stereocenters. The molecule has 2 aromatic carbocycles. The number of nitrogens with zero attached hydrogens (tertiary/aromatic N) is 1.